The largest absolute Gasteiger partial charge is 0.490 e. The summed E-state index contributed by atoms with van der Waals surface area (Å²) in [6.07, 6.45) is 2.69. The van der Waals surface area contributed by atoms with Crippen LogP contribution in [-0.4, -0.2) is 28.3 Å². The zero-order chi connectivity index (χ0) is 21.7. The molecule has 8 heteroatoms. The van der Waals surface area contributed by atoms with Gasteiger partial charge in [-0.1, -0.05) is 66.2 Å². The van der Waals surface area contributed by atoms with Crippen LogP contribution in [0.25, 0.3) is 6.08 Å². The molecular weight excluding hydrogens is 461 g/mol. The third-order valence-corrected chi connectivity index (χ3v) is 6.25. The average Bonchev–Trinajstić information content (AvgIpc) is 2.96. The minimum atomic E-state index is -0.0532. The molecule has 158 valence electrons. The number of hydrogen-bond donors (Lipinski definition) is 0. The lowest BCUT2D eigenvalue weighted by atomic mass is 10.1. The number of benzene rings is 2. The summed E-state index contributed by atoms with van der Waals surface area (Å²) in [4.78, 5) is 14.8. The lowest BCUT2D eigenvalue weighted by molar-refractivity contribution is -0.122. The molecule has 0 saturated carbocycles. The van der Waals surface area contributed by atoms with Crippen LogP contribution in [0, 0.1) is 0 Å². The monoisotopic (exact) mass is 481 g/mol. The van der Waals surface area contributed by atoms with E-state index in [1.165, 1.54) is 11.8 Å². The summed E-state index contributed by atoms with van der Waals surface area (Å²) in [5.41, 5.74) is 1.67. The third-order valence-electron chi connectivity index (χ3n) is 4.28. The molecule has 0 radical (unpaired) electrons. The molecule has 1 aliphatic rings. The van der Waals surface area contributed by atoms with Crippen LogP contribution in [0.2, 0.25) is 10.0 Å². The molecule has 0 N–H and O–H groups in total. The maximum Gasteiger partial charge on any atom is 0.266 e. The predicted octanol–water partition coefficient (Wildman–Crippen LogP) is 6.58. The molecule has 0 spiro atoms. The fraction of sp³-hybridized carbons (Fsp3) is 0.273. The van der Waals surface area contributed by atoms with Crippen molar-refractivity contribution >= 4 is 63.5 Å². The van der Waals surface area contributed by atoms with Crippen molar-refractivity contribution < 1.29 is 14.3 Å². The van der Waals surface area contributed by atoms with Crippen LogP contribution in [0.3, 0.4) is 0 Å². The van der Waals surface area contributed by atoms with Crippen molar-refractivity contribution in [2.45, 2.75) is 26.9 Å². The summed E-state index contributed by atoms with van der Waals surface area (Å²) in [7, 11) is 0. The van der Waals surface area contributed by atoms with Crippen molar-refractivity contribution in [1.29, 1.82) is 0 Å². The van der Waals surface area contributed by atoms with E-state index in [0.29, 0.717) is 43.9 Å². The van der Waals surface area contributed by atoms with Gasteiger partial charge < -0.3 is 9.47 Å². The third kappa shape index (κ3) is 5.49. The molecule has 3 rings (SSSR count). The lowest BCUT2D eigenvalue weighted by Crippen LogP contribution is -2.28. The fourth-order valence-corrected chi connectivity index (χ4v) is 4.64. The van der Waals surface area contributed by atoms with Gasteiger partial charge in [-0.3, -0.25) is 9.69 Å². The topological polar surface area (TPSA) is 38.8 Å². The van der Waals surface area contributed by atoms with Crippen LogP contribution in [0.15, 0.2) is 41.3 Å². The molecular formula is C22H21Cl2NO3S2. The summed E-state index contributed by atoms with van der Waals surface area (Å²) in [5, 5.41) is 1.12. The minimum absolute atomic E-state index is 0.0532. The summed E-state index contributed by atoms with van der Waals surface area (Å²) in [6, 6.07) is 10.9. The van der Waals surface area contributed by atoms with E-state index in [1.807, 2.05) is 44.2 Å². The standard InChI is InChI=1S/C22H21Cl2NO3S2/c1-3-9-25-21(26)20(30-22(25)29)11-14-5-8-18(19(10-14)27-4-2)28-13-15-6-7-16(23)12-17(15)24/h5-8,10-12H,3-4,9,13H2,1-2H3/b20-11-. The number of carbonyl (C=O) groups excluding carboxylic acids is 1. The molecule has 4 nitrogen and oxygen atoms in total. The molecule has 1 amide bonds. The van der Waals surface area contributed by atoms with Gasteiger partial charge in [-0.25, -0.2) is 0 Å². The van der Waals surface area contributed by atoms with Crippen molar-refractivity contribution in [3.8, 4) is 11.5 Å². The van der Waals surface area contributed by atoms with Crippen LogP contribution in [0.5, 0.6) is 11.5 Å². The average molecular weight is 482 g/mol. The highest BCUT2D eigenvalue weighted by Gasteiger charge is 2.31. The van der Waals surface area contributed by atoms with Crippen LogP contribution in [-0.2, 0) is 11.4 Å². The number of rotatable bonds is 8. The van der Waals surface area contributed by atoms with Gasteiger partial charge in [0.15, 0.2) is 11.5 Å². The van der Waals surface area contributed by atoms with Gasteiger partial charge in [-0.05, 0) is 49.2 Å². The maximum atomic E-state index is 12.6. The Hall–Kier alpha value is -1.73. The first kappa shape index (κ1) is 22.9. The van der Waals surface area contributed by atoms with Crippen molar-refractivity contribution in [2.75, 3.05) is 13.2 Å². The Morgan fingerprint density at radius 3 is 2.60 bits per heavy atom. The Balaban J connectivity index is 1.79. The van der Waals surface area contributed by atoms with Gasteiger partial charge in [0.1, 0.15) is 10.9 Å². The lowest BCUT2D eigenvalue weighted by Gasteiger charge is -2.14. The van der Waals surface area contributed by atoms with Gasteiger partial charge >= 0.3 is 0 Å². The van der Waals surface area contributed by atoms with Crippen LogP contribution >= 0.6 is 47.2 Å². The first-order chi connectivity index (χ1) is 14.4. The molecule has 2 aromatic carbocycles. The van der Waals surface area contributed by atoms with E-state index >= 15 is 0 Å². The first-order valence-electron chi connectivity index (χ1n) is 9.51. The molecule has 30 heavy (non-hydrogen) atoms. The Morgan fingerprint density at radius 2 is 1.90 bits per heavy atom. The summed E-state index contributed by atoms with van der Waals surface area (Å²) < 4.78 is 12.3. The SMILES string of the molecule is CCCN1C(=O)/C(=C/c2ccc(OCc3ccc(Cl)cc3Cl)c(OCC)c2)SC1=S. The van der Waals surface area contributed by atoms with Crippen LogP contribution < -0.4 is 9.47 Å². The van der Waals surface area contributed by atoms with Crippen molar-refractivity contribution in [1.82, 2.24) is 4.90 Å². The number of thiocarbonyl (C=S) groups is 1. The second-order valence-electron chi connectivity index (χ2n) is 6.50. The molecule has 0 aromatic heterocycles. The highest BCUT2D eigenvalue weighted by atomic mass is 35.5. The Labute approximate surface area is 196 Å². The molecule has 0 bridgehead atoms. The van der Waals surface area contributed by atoms with E-state index in [9.17, 15) is 4.79 Å². The highest BCUT2D eigenvalue weighted by molar-refractivity contribution is 8.26. The summed E-state index contributed by atoms with van der Waals surface area (Å²) in [6.45, 7) is 5.33. The van der Waals surface area contributed by atoms with E-state index in [1.54, 1.807) is 17.0 Å². The number of carbonyl (C=O) groups is 1. The quantitative estimate of drug-likeness (QED) is 0.314. The zero-order valence-corrected chi connectivity index (χ0v) is 19.8. The molecule has 1 heterocycles. The van der Waals surface area contributed by atoms with Gasteiger partial charge in [-0.2, -0.15) is 0 Å². The number of ether oxygens (including phenoxy) is 2. The molecule has 0 aliphatic carbocycles. The Morgan fingerprint density at radius 1 is 1.10 bits per heavy atom. The van der Waals surface area contributed by atoms with E-state index in [0.717, 1.165) is 17.5 Å². The Bertz CT molecular complexity index is 994. The van der Waals surface area contributed by atoms with Gasteiger partial charge in [0.2, 0.25) is 0 Å². The number of nitrogens with zero attached hydrogens (tertiary/aromatic N) is 1. The number of halogens is 2. The van der Waals surface area contributed by atoms with Crippen molar-refractivity contribution in [2.24, 2.45) is 0 Å². The summed E-state index contributed by atoms with van der Waals surface area (Å²) in [5.74, 6) is 1.14. The molecule has 0 atom stereocenters. The zero-order valence-electron chi connectivity index (χ0n) is 16.6. The van der Waals surface area contributed by atoms with Crippen LogP contribution in [0.4, 0.5) is 0 Å². The number of thioether (sulfide) groups is 1. The van der Waals surface area contributed by atoms with Gasteiger partial charge in [0.05, 0.1) is 11.5 Å². The smallest absolute Gasteiger partial charge is 0.266 e. The summed E-state index contributed by atoms with van der Waals surface area (Å²) >= 11 is 18.8. The van der Waals surface area contributed by atoms with E-state index in [-0.39, 0.29) is 12.5 Å². The maximum absolute atomic E-state index is 12.6. The van der Waals surface area contributed by atoms with Gasteiger partial charge in [0.25, 0.3) is 5.91 Å². The second-order valence-corrected chi connectivity index (χ2v) is 9.02. The predicted molar refractivity (Wildman–Crippen MR) is 129 cm³/mol. The number of amides is 1. The number of hydrogen-bond acceptors (Lipinski definition) is 5. The molecule has 1 saturated heterocycles. The minimum Gasteiger partial charge on any atom is -0.490 e. The highest BCUT2D eigenvalue weighted by Crippen LogP contribution is 2.35. The van der Waals surface area contributed by atoms with Crippen molar-refractivity contribution in [3.05, 3.63) is 62.5 Å². The van der Waals surface area contributed by atoms with Gasteiger partial charge in [0, 0.05) is 22.2 Å². The molecule has 2 aromatic rings. The van der Waals surface area contributed by atoms with E-state index < -0.39 is 0 Å². The normalized spacial score (nSPS) is 15.2. The first-order valence-corrected chi connectivity index (χ1v) is 11.5. The molecule has 1 fully saturated rings. The van der Waals surface area contributed by atoms with Gasteiger partial charge in [-0.15, -0.1) is 0 Å². The van der Waals surface area contributed by atoms with Crippen LogP contribution in [0.1, 0.15) is 31.4 Å². The van der Waals surface area contributed by atoms with E-state index in [4.69, 9.17) is 44.9 Å². The molecule has 1 aliphatic heterocycles. The van der Waals surface area contributed by atoms with E-state index in [2.05, 4.69) is 0 Å². The fourth-order valence-electron chi connectivity index (χ4n) is 2.86. The second kappa shape index (κ2) is 10.5. The molecule has 0 unspecified atom stereocenters. The Kier molecular flexibility index (Phi) is 8.06. The van der Waals surface area contributed by atoms with Crippen molar-refractivity contribution in [3.63, 3.8) is 0 Å².